The second kappa shape index (κ2) is 9.48. The first kappa shape index (κ1) is 22.0. The first-order chi connectivity index (χ1) is 16.0. The normalized spacial score (nSPS) is 11.4. The summed E-state index contributed by atoms with van der Waals surface area (Å²) in [7, 11) is 0. The Balaban J connectivity index is 1.75. The molecule has 166 valence electrons. The number of nitrogens with one attached hydrogen (secondary N) is 1. The number of para-hydroxylation sites is 1. The first-order valence-electron chi connectivity index (χ1n) is 10.7. The van der Waals surface area contributed by atoms with Crippen LogP contribution in [0.1, 0.15) is 36.5 Å². The van der Waals surface area contributed by atoms with Gasteiger partial charge in [-0.1, -0.05) is 44.2 Å². The van der Waals surface area contributed by atoms with Gasteiger partial charge < -0.3 is 5.11 Å². The highest BCUT2D eigenvalue weighted by molar-refractivity contribution is 5.85. The topological polar surface area (TPSA) is 92.4 Å². The summed E-state index contributed by atoms with van der Waals surface area (Å²) in [4.78, 5) is 22.0. The minimum atomic E-state index is -0.378. The fourth-order valence-corrected chi connectivity index (χ4v) is 3.56. The monoisotopic (exact) mass is 439 g/mol. The lowest BCUT2D eigenvalue weighted by molar-refractivity contribution is 0.468. The zero-order chi connectivity index (χ0) is 23.4. The number of aromatic nitrogens is 3. The highest BCUT2D eigenvalue weighted by atomic mass is 16.3. The SMILES string of the molecule is C=CCc1cc(C(C)C)cc(/C=N/Nc2nc3cccnc3n(-c3ccccc3)c2=O)c1O. The van der Waals surface area contributed by atoms with E-state index >= 15 is 0 Å². The summed E-state index contributed by atoms with van der Waals surface area (Å²) in [5.74, 6) is 0.477. The van der Waals surface area contributed by atoms with Gasteiger partial charge in [0.05, 0.1) is 11.9 Å². The Morgan fingerprint density at radius 2 is 1.97 bits per heavy atom. The predicted molar refractivity (Wildman–Crippen MR) is 132 cm³/mol. The van der Waals surface area contributed by atoms with Gasteiger partial charge in [-0.15, -0.1) is 6.58 Å². The molecule has 0 aliphatic heterocycles. The lowest BCUT2D eigenvalue weighted by Crippen LogP contribution is -2.23. The fraction of sp³-hybridized carbons (Fsp3) is 0.154. The highest BCUT2D eigenvalue weighted by Crippen LogP contribution is 2.28. The Kier molecular flexibility index (Phi) is 6.31. The van der Waals surface area contributed by atoms with Crippen molar-refractivity contribution in [3.05, 3.63) is 100 Å². The van der Waals surface area contributed by atoms with Gasteiger partial charge >= 0.3 is 5.56 Å². The molecule has 2 aromatic carbocycles. The smallest absolute Gasteiger partial charge is 0.301 e. The molecule has 0 amide bonds. The molecule has 0 unspecified atom stereocenters. The molecule has 0 saturated heterocycles. The van der Waals surface area contributed by atoms with Gasteiger partial charge in [-0.25, -0.2) is 9.97 Å². The Morgan fingerprint density at radius 1 is 1.18 bits per heavy atom. The minimum Gasteiger partial charge on any atom is -0.507 e. The molecule has 7 heteroatoms. The third kappa shape index (κ3) is 4.52. The van der Waals surface area contributed by atoms with Crippen molar-refractivity contribution in [1.29, 1.82) is 0 Å². The molecule has 0 aliphatic rings. The zero-order valence-electron chi connectivity index (χ0n) is 18.6. The molecule has 0 bridgehead atoms. The molecule has 2 aromatic heterocycles. The molecule has 2 N–H and O–H groups in total. The molecule has 0 spiro atoms. The molecule has 33 heavy (non-hydrogen) atoms. The number of phenols is 1. The number of nitrogens with zero attached hydrogens (tertiary/aromatic N) is 4. The molecule has 2 heterocycles. The minimum absolute atomic E-state index is 0.0569. The van der Waals surface area contributed by atoms with Gasteiger partial charge in [-0.05, 0) is 53.8 Å². The zero-order valence-corrected chi connectivity index (χ0v) is 18.6. The third-order valence-corrected chi connectivity index (χ3v) is 5.28. The van der Waals surface area contributed by atoms with Gasteiger partial charge in [-0.2, -0.15) is 5.10 Å². The van der Waals surface area contributed by atoms with Crippen molar-refractivity contribution in [2.75, 3.05) is 5.43 Å². The largest absolute Gasteiger partial charge is 0.507 e. The Bertz CT molecular complexity index is 1390. The molecule has 0 aliphatic carbocycles. The number of allylic oxidation sites excluding steroid dienone is 1. The number of hydrazone groups is 1. The van der Waals surface area contributed by atoms with Crippen molar-refractivity contribution < 1.29 is 5.11 Å². The van der Waals surface area contributed by atoms with E-state index in [4.69, 9.17) is 0 Å². The fourth-order valence-electron chi connectivity index (χ4n) is 3.56. The molecule has 4 aromatic rings. The maximum absolute atomic E-state index is 13.2. The highest BCUT2D eigenvalue weighted by Gasteiger charge is 2.14. The molecule has 0 saturated carbocycles. The maximum atomic E-state index is 13.2. The number of phenolic OH excluding ortho intramolecular Hbond substituents is 1. The second-order valence-electron chi connectivity index (χ2n) is 7.92. The van der Waals surface area contributed by atoms with Gasteiger partial charge in [0.15, 0.2) is 5.65 Å². The van der Waals surface area contributed by atoms with E-state index in [1.165, 1.54) is 10.8 Å². The summed E-state index contributed by atoms with van der Waals surface area (Å²) >= 11 is 0. The number of aromatic hydroxyl groups is 1. The maximum Gasteiger partial charge on any atom is 0.301 e. The van der Waals surface area contributed by atoms with Crippen molar-refractivity contribution in [2.24, 2.45) is 5.10 Å². The number of fused-ring (bicyclic) bond motifs is 1. The number of hydrogen-bond acceptors (Lipinski definition) is 6. The average Bonchev–Trinajstić information content (AvgIpc) is 2.82. The van der Waals surface area contributed by atoms with Gasteiger partial charge in [0.2, 0.25) is 5.82 Å². The first-order valence-corrected chi connectivity index (χ1v) is 10.7. The van der Waals surface area contributed by atoms with Crippen LogP contribution in [0, 0.1) is 0 Å². The van der Waals surface area contributed by atoms with Gasteiger partial charge in [-0.3, -0.25) is 14.8 Å². The van der Waals surface area contributed by atoms with Crippen LogP contribution < -0.4 is 11.0 Å². The summed E-state index contributed by atoms with van der Waals surface area (Å²) < 4.78 is 1.50. The van der Waals surface area contributed by atoms with Crippen molar-refractivity contribution in [3.63, 3.8) is 0 Å². The Labute approximate surface area is 191 Å². The lowest BCUT2D eigenvalue weighted by Gasteiger charge is -2.12. The average molecular weight is 440 g/mol. The van der Waals surface area contributed by atoms with Crippen molar-refractivity contribution >= 4 is 23.2 Å². The number of rotatable bonds is 7. The Morgan fingerprint density at radius 3 is 2.70 bits per heavy atom. The van der Waals surface area contributed by atoms with Crippen LogP contribution in [0.4, 0.5) is 5.82 Å². The summed E-state index contributed by atoms with van der Waals surface area (Å²) in [6, 6.07) is 16.7. The summed E-state index contributed by atoms with van der Waals surface area (Å²) in [6.45, 7) is 7.93. The van der Waals surface area contributed by atoms with Crippen LogP contribution in [0.2, 0.25) is 0 Å². The number of pyridine rings is 1. The van der Waals surface area contributed by atoms with Crippen LogP contribution in [-0.2, 0) is 6.42 Å². The van der Waals surface area contributed by atoms with E-state index in [0.717, 1.165) is 11.1 Å². The lowest BCUT2D eigenvalue weighted by atomic mass is 9.96. The number of anilines is 1. The second-order valence-corrected chi connectivity index (χ2v) is 7.92. The van der Waals surface area contributed by atoms with E-state index in [0.29, 0.717) is 28.8 Å². The quantitative estimate of drug-likeness (QED) is 0.246. The van der Waals surface area contributed by atoms with E-state index in [1.807, 2.05) is 42.5 Å². The van der Waals surface area contributed by atoms with Crippen LogP contribution in [0.5, 0.6) is 5.75 Å². The standard InChI is InChI=1S/C26H25N5O2/c1-4-9-18-14-19(17(2)3)15-20(23(18)32)16-28-30-24-26(33)31(21-10-6-5-7-11-21)25-22(29-24)12-8-13-27-25/h4-8,10-17,32H,1,9H2,2-3H3,(H,29,30)/b28-16+. The Hall–Kier alpha value is -4.26. The van der Waals surface area contributed by atoms with Crippen molar-refractivity contribution in [2.45, 2.75) is 26.2 Å². The van der Waals surface area contributed by atoms with E-state index < -0.39 is 0 Å². The van der Waals surface area contributed by atoms with Crippen LogP contribution in [0.3, 0.4) is 0 Å². The molecule has 0 fully saturated rings. The van der Waals surface area contributed by atoms with Crippen LogP contribution in [-0.4, -0.2) is 25.9 Å². The van der Waals surface area contributed by atoms with Crippen LogP contribution in [0.15, 0.2) is 83.3 Å². The van der Waals surface area contributed by atoms with E-state index in [9.17, 15) is 9.90 Å². The van der Waals surface area contributed by atoms with Gasteiger partial charge in [0.25, 0.3) is 0 Å². The third-order valence-electron chi connectivity index (χ3n) is 5.28. The number of benzene rings is 2. The molecule has 7 nitrogen and oxygen atoms in total. The van der Waals surface area contributed by atoms with Crippen LogP contribution >= 0.6 is 0 Å². The molecule has 4 rings (SSSR count). The van der Waals surface area contributed by atoms with Crippen LogP contribution in [0.25, 0.3) is 16.9 Å². The molecular formula is C26H25N5O2. The number of hydrogen-bond donors (Lipinski definition) is 2. The molecule has 0 radical (unpaired) electrons. The van der Waals surface area contributed by atoms with E-state index in [1.54, 1.807) is 24.4 Å². The van der Waals surface area contributed by atoms with Gasteiger partial charge in [0, 0.05) is 11.8 Å². The predicted octanol–water partition coefficient (Wildman–Crippen LogP) is 4.78. The molecule has 0 atom stereocenters. The molecular weight excluding hydrogens is 414 g/mol. The summed E-state index contributed by atoms with van der Waals surface area (Å²) in [5.41, 5.74) is 6.47. The van der Waals surface area contributed by atoms with E-state index in [2.05, 4.69) is 40.9 Å². The summed E-state index contributed by atoms with van der Waals surface area (Å²) in [6.07, 6.45) is 5.41. The summed E-state index contributed by atoms with van der Waals surface area (Å²) in [5, 5.41) is 14.9. The van der Waals surface area contributed by atoms with Crippen molar-refractivity contribution in [1.82, 2.24) is 14.5 Å². The van der Waals surface area contributed by atoms with Crippen molar-refractivity contribution in [3.8, 4) is 11.4 Å². The van der Waals surface area contributed by atoms with Gasteiger partial charge in [0.1, 0.15) is 11.3 Å². The van der Waals surface area contributed by atoms with E-state index in [-0.39, 0.29) is 23.0 Å².